The number of nitrogens with one attached hydrogen (secondary N) is 1. The van der Waals surface area contributed by atoms with Crippen LogP contribution in [0.25, 0.3) is 11.5 Å². The number of hydrogen-bond acceptors (Lipinski definition) is 8. The van der Waals surface area contributed by atoms with E-state index in [1.165, 1.54) is 6.07 Å². The van der Waals surface area contributed by atoms with E-state index in [2.05, 4.69) is 34.6 Å². The minimum Gasteiger partial charge on any atom is -0.508 e. The van der Waals surface area contributed by atoms with Gasteiger partial charge >= 0.3 is 0 Å². The molecule has 0 saturated heterocycles. The lowest BCUT2D eigenvalue weighted by molar-refractivity contribution is 0.0487. The Morgan fingerprint density at radius 2 is 1.81 bits per heavy atom. The Morgan fingerprint density at radius 3 is 2.50 bits per heavy atom. The predicted octanol–water partition coefficient (Wildman–Crippen LogP) is 3.93. The Hall–Kier alpha value is -3.69. The summed E-state index contributed by atoms with van der Waals surface area (Å²) in [4.78, 5) is 18.0. The van der Waals surface area contributed by atoms with E-state index < -0.39 is 0 Å². The number of aryl methyl sites for hydroxylation is 1. The van der Waals surface area contributed by atoms with Crippen LogP contribution in [-0.4, -0.2) is 63.4 Å². The van der Waals surface area contributed by atoms with Gasteiger partial charge in [-0.25, -0.2) is 5.43 Å². The smallest absolute Gasteiger partial charge is 0.255 e. The van der Waals surface area contributed by atoms with Gasteiger partial charge in [-0.1, -0.05) is 12.1 Å². The maximum absolute atomic E-state index is 13.8. The second-order valence-corrected chi connectivity index (χ2v) is 9.65. The molecule has 1 aromatic heterocycles. The van der Waals surface area contributed by atoms with Crippen LogP contribution in [0.15, 0.2) is 65.2 Å². The van der Waals surface area contributed by atoms with E-state index in [0.717, 1.165) is 36.9 Å². The molecular formula is C27H32N6O3. The molecule has 2 heterocycles. The first-order valence-corrected chi connectivity index (χ1v) is 12.3. The summed E-state index contributed by atoms with van der Waals surface area (Å²) < 4.78 is 5.59. The number of benzene rings is 2. The van der Waals surface area contributed by atoms with Gasteiger partial charge in [0.25, 0.3) is 5.91 Å². The van der Waals surface area contributed by atoms with E-state index in [0.29, 0.717) is 23.4 Å². The van der Waals surface area contributed by atoms with Crippen LogP contribution >= 0.6 is 0 Å². The molecule has 0 radical (unpaired) electrons. The normalized spacial score (nSPS) is 21.8. The van der Waals surface area contributed by atoms with Gasteiger partial charge in [0.15, 0.2) is 0 Å². The number of aromatic hydroxyl groups is 1. The molecule has 0 spiro atoms. The molecule has 9 heteroatoms. The van der Waals surface area contributed by atoms with Crippen molar-refractivity contribution in [2.24, 2.45) is 0 Å². The van der Waals surface area contributed by atoms with Crippen molar-refractivity contribution in [1.82, 2.24) is 25.4 Å². The quantitative estimate of drug-likeness (QED) is 0.539. The summed E-state index contributed by atoms with van der Waals surface area (Å²) in [6.07, 6.45) is 7.53. The number of phenolic OH excluding ortho intramolecular Hbond substituents is 1. The molecule has 0 bridgehead atoms. The fourth-order valence-corrected chi connectivity index (χ4v) is 5.07. The van der Waals surface area contributed by atoms with Crippen LogP contribution in [0.1, 0.15) is 41.9 Å². The maximum Gasteiger partial charge on any atom is 0.255 e. The molecule has 1 atom stereocenters. The minimum absolute atomic E-state index is 0.0849. The van der Waals surface area contributed by atoms with E-state index in [1.54, 1.807) is 25.1 Å². The Balaban J connectivity index is 1.38. The Morgan fingerprint density at radius 1 is 1.06 bits per heavy atom. The van der Waals surface area contributed by atoms with Gasteiger partial charge in [0, 0.05) is 36.3 Å². The molecule has 188 valence electrons. The summed E-state index contributed by atoms with van der Waals surface area (Å²) in [5, 5.41) is 19.9. The number of phenols is 1. The van der Waals surface area contributed by atoms with Crippen LogP contribution in [-0.2, 0) is 0 Å². The number of carbonyl (C=O) groups excluding carboxylic acids is 1. The number of carbonyl (C=O) groups is 1. The average Bonchev–Trinajstić information content (AvgIpc) is 3.54. The topological polar surface area (TPSA) is 98.0 Å². The van der Waals surface area contributed by atoms with Crippen LogP contribution in [0.4, 0.5) is 5.69 Å². The standard InChI is InChI=1S/C27H32N6O3/c1-18-28-29-26(36-18)19-6-4-8-23(16-19)32-15-14-25(30-32)33(22-12-10-21(11-13-22)31(2)3)27(35)20-7-5-9-24(34)17-20/h4-9,14-17,21-22,25,30,34H,10-13H2,1-3H3. The van der Waals surface area contributed by atoms with Crippen LogP contribution in [0, 0.1) is 6.92 Å². The summed E-state index contributed by atoms with van der Waals surface area (Å²) in [6.45, 7) is 1.76. The van der Waals surface area contributed by atoms with Crippen molar-refractivity contribution in [3.05, 3.63) is 72.3 Å². The maximum atomic E-state index is 13.8. The van der Waals surface area contributed by atoms with Gasteiger partial charge in [-0.05, 0) is 82.3 Å². The molecule has 1 saturated carbocycles. The van der Waals surface area contributed by atoms with Gasteiger partial charge in [0.1, 0.15) is 11.9 Å². The van der Waals surface area contributed by atoms with Gasteiger partial charge in [-0.2, -0.15) is 0 Å². The third-order valence-corrected chi connectivity index (χ3v) is 7.00. The van der Waals surface area contributed by atoms with Crippen molar-refractivity contribution < 1.29 is 14.3 Å². The van der Waals surface area contributed by atoms with Crippen molar-refractivity contribution in [3.8, 4) is 17.2 Å². The van der Waals surface area contributed by atoms with Crippen molar-refractivity contribution in [2.45, 2.75) is 50.9 Å². The molecule has 2 N–H and O–H groups in total. The van der Waals surface area contributed by atoms with Gasteiger partial charge in [-0.15, -0.1) is 10.2 Å². The van der Waals surface area contributed by atoms with E-state index >= 15 is 0 Å². The summed E-state index contributed by atoms with van der Waals surface area (Å²) in [5.74, 6) is 0.965. The summed E-state index contributed by atoms with van der Waals surface area (Å²) in [7, 11) is 4.23. The first-order chi connectivity index (χ1) is 17.4. The first-order valence-electron chi connectivity index (χ1n) is 12.3. The van der Waals surface area contributed by atoms with Crippen molar-refractivity contribution >= 4 is 11.6 Å². The molecular weight excluding hydrogens is 456 g/mol. The zero-order valence-electron chi connectivity index (χ0n) is 20.8. The predicted molar refractivity (Wildman–Crippen MR) is 137 cm³/mol. The van der Waals surface area contributed by atoms with Crippen LogP contribution in [0.3, 0.4) is 0 Å². The van der Waals surface area contributed by atoms with Gasteiger partial charge in [0.05, 0.1) is 5.69 Å². The minimum atomic E-state index is -0.324. The summed E-state index contributed by atoms with van der Waals surface area (Å²) in [5.41, 5.74) is 5.67. The van der Waals surface area contributed by atoms with Crippen molar-refractivity contribution in [2.75, 3.05) is 19.1 Å². The van der Waals surface area contributed by atoms with Crippen LogP contribution in [0.2, 0.25) is 0 Å². The lowest BCUT2D eigenvalue weighted by Gasteiger charge is -2.41. The molecule has 1 unspecified atom stereocenters. The highest BCUT2D eigenvalue weighted by Gasteiger charge is 2.36. The number of hydrazine groups is 1. The van der Waals surface area contributed by atoms with Crippen molar-refractivity contribution in [1.29, 1.82) is 0 Å². The molecule has 1 aliphatic carbocycles. The number of rotatable bonds is 6. The molecule has 5 rings (SSSR count). The van der Waals surface area contributed by atoms with Gasteiger partial charge in [-0.3, -0.25) is 9.80 Å². The Labute approximate surface area is 211 Å². The third kappa shape index (κ3) is 4.98. The van der Waals surface area contributed by atoms with Gasteiger partial charge < -0.3 is 19.3 Å². The highest BCUT2D eigenvalue weighted by molar-refractivity contribution is 5.95. The lowest BCUT2D eigenvalue weighted by atomic mass is 9.89. The van der Waals surface area contributed by atoms with E-state index in [4.69, 9.17) is 4.42 Å². The zero-order valence-corrected chi connectivity index (χ0v) is 20.8. The number of aromatic nitrogens is 2. The summed E-state index contributed by atoms with van der Waals surface area (Å²) >= 11 is 0. The monoisotopic (exact) mass is 488 g/mol. The van der Waals surface area contributed by atoms with Crippen LogP contribution < -0.4 is 10.4 Å². The molecule has 1 aliphatic heterocycles. The lowest BCUT2D eigenvalue weighted by Crippen LogP contribution is -2.55. The second kappa shape index (κ2) is 10.1. The van der Waals surface area contributed by atoms with E-state index in [1.807, 2.05) is 46.5 Å². The number of nitrogens with zero attached hydrogens (tertiary/aromatic N) is 5. The highest BCUT2D eigenvalue weighted by Crippen LogP contribution is 2.31. The summed E-state index contributed by atoms with van der Waals surface area (Å²) in [6, 6.07) is 15.0. The molecule has 36 heavy (non-hydrogen) atoms. The number of anilines is 1. The van der Waals surface area contributed by atoms with Crippen molar-refractivity contribution in [3.63, 3.8) is 0 Å². The van der Waals surface area contributed by atoms with Crippen LogP contribution in [0.5, 0.6) is 5.75 Å². The SMILES string of the molecule is Cc1nnc(-c2cccc(N3C=CC(N(C(=O)c4cccc(O)c4)C4CCC(N(C)C)CC4)N3)c2)o1. The molecule has 1 fully saturated rings. The molecule has 2 aliphatic rings. The zero-order chi connectivity index (χ0) is 25.2. The largest absolute Gasteiger partial charge is 0.508 e. The molecule has 3 aromatic rings. The highest BCUT2D eigenvalue weighted by atomic mass is 16.4. The third-order valence-electron chi connectivity index (χ3n) is 7.00. The second-order valence-electron chi connectivity index (χ2n) is 9.65. The number of hydrogen-bond donors (Lipinski definition) is 2. The fraction of sp³-hybridized carbons (Fsp3) is 0.370. The average molecular weight is 489 g/mol. The molecule has 9 nitrogen and oxygen atoms in total. The number of amides is 1. The van der Waals surface area contributed by atoms with Gasteiger partial charge in [0.2, 0.25) is 11.8 Å². The van der Waals surface area contributed by atoms with E-state index in [-0.39, 0.29) is 23.9 Å². The molecule has 1 amide bonds. The first kappa shape index (κ1) is 24.0. The fourth-order valence-electron chi connectivity index (χ4n) is 5.07. The van der Waals surface area contributed by atoms with E-state index in [9.17, 15) is 9.90 Å². The molecule has 2 aromatic carbocycles. The Bertz CT molecular complexity index is 1250. The Kier molecular flexibility index (Phi) is 6.75.